The number of hydrogen-bond donors (Lipinski definition) is 1. The first-order valence-corrected chi connectivity index (χ1v) is 17.0. The van der Waals surface area contributed by atoms with Gasteiger partial charge in [-0.2, -0.15) is 13.2 Å². The number of aryl methyl sites for hydroxylation is 1. The molecule has 228 valence electrons. The second kappa shape index (κ2) is 12.7. The third-order valence-corrected chi connectivity index (χ3v) is 10.7. The fourth-order valence-electron chi connectivity index (χ4n) is 5.29. The molecule has 8 nitrogen and oxygen atoms in total. The normalized spacial score (nSPS) is 18.5. The summed E-state index contributed by atoms with van der Waals surface area (Å²) < 4.78 is 57.6. The van der Waals surface area contributed by atoms with Gasteiger partial charge < -0.3 is 4.74 Å². The Labute approximate surface area is 252 Å². The second-order valence-corrected chi connectivity index (χ2v) is 13.6. The molecule has 1 fully saturated rings. The number of benzene rings is 2. The topological polar surface area (TPSA) is 77.7 Å². The number of nitrogens with zero attached hydrogens (tertiary/aromatic N) is 3. The van der Waals surface area contributed by atoms with Crippen molar-refractivity contribution >= 4 is 11.5 Å². The second-order valence-electron chi connectivity index (χ2n) is 10.6. The van der Waals surface area contributed by atoms with Crippen molar-refractivity contribution in [3.63, 3.8) is 0 Å². The minimum atomic E-state index is -4.55. The van der Waals surface area contributed by atoms with Gasteiger partial charge in [0.2, 0.25) is 0 Å². The van der Waals surface area contributed by atoms with Crippen LogP contribution in [0.4, 0.5) is 24.7 Å². The van der Waals surface area contributed by atoms with E-state index in [1.54, 1.807) is 11.9 Å². The summed E-state index contributed by atoms with van der Waals surface area (Å²) in [5.41, 5.74) is 0.665. The molecule has 12 heteroatoms. The Morgan fingerprint density at radius 1 is 1.10 bits per heavy atom. The summed E-state index contributed by atoms with van der Waals surface area (Å²) in [4.78, 5) is 28.6. The van der Waals surface area contributed by atoms with Gasteiger partial charge in [-0.3, -0.25) is 0 Å². The Morgan fingerprint density at radius 2 is 1.86 bits per heavy atom. The molecule has 2 aromatic carbocycles. The number of ether oxygens (including phenoxy) is 2. The molecule has 0 bridgehead atoms. The van der Waals surface area contributed by atoms with E-state index < -0.39 is 29.3 Å². The number of nitrogens with one attached hydrogen (secondary N) is 1. The van der Waals surface area contributed by atoms with Gasteiger partial charge in [0.05, 0.1) is 12.2 Å². The van der Waals surface area contributed by atoms with Crippen LogP contribution in [0.3, 0.4) is 0 Å². The van der Waals surface area contributed by atoms with Gasteiger partial charge in [-0.1, -0.05) is 13.0 Å². The number of alkyl halides is 5. The molecule has 3 aromatic rings. The summed E-state index contributed by atoms with van der Waals surface area (Å²) in [7, 11) is 1.55. The molecule has 0 spiro atoms. The number of fused-ring (bicyclic) bond motifs is 1. The van der Waals surface area contributed by atoms with Gasteiger partial charge in [-0.25, -0.2) is 4.79 Å². The van der Waals surface area contributed by atoms with Crippen molar-refractivity contribution in [3.8, 4) is 5.75 Å². The predicted octanol–water partition coefficient (Wildman–Crippen LogP) is 1.67. The third-order valence-electron chi connectivity index (χ3n) is 7.62. The maximum atomic E-state index is 13.8. The maximum absolute atomic E-state index is 13.8. The van der Waals surface area contributed by atoms with Crippen molar-refractivity contribution in [2.45, 2.75) is 58.2 Å². The summed E-state index contributed by atoms with van der Waals surface area (Å²) in [6.45, 7) is 4.38. The molecule has 2 atom stereocenters. The van der Waals surface area contributed by atoms with Crippen LogP contribution in [0.25, 0.3) is 0 Å². The van der Waals surface area contributed by atoms with Crippen LogP contribution in [0, 0.1) is 6.92 Å². The zero-order chi connectivity index (χ0) is 30.0. The van der Waals surface area contributed by atoms with Crippen molar-refractivity contribution in [2.24, 2.45) is 7.05 Å². The van der Waals surface area contributed by atoms with Gasteiger partial charge in [0.15, 0.2) is 0 Å². The Bertz CT molecular complexity index is 1530. The van der Waals surface area contributed by atoms with E-state index in [0.717, 1.165) is 22.6 Å². The fraction of sp³-hybridized carbons (Fsp3) is 0.467. The number of hydrogen-bond acceptors (Lipinski definition) is 6. The zero-order valence-electron chi connectivity index (χ0n) is 23.8. The van der Waals surface area contributed by atoms with Crippen molar-refractivity contribution in [3.05, 3.63) is 85.6 Å². The molecule has 0 aliphatic carbocycles. The molecule has 1 saturated heterocycles. The summed E-state index contributed by atoms with van der Waals surface area (Å²) in [6, 6.07) is 12.1. The van der Waals surface area contributed by atoms with Gasteiger partial charge in [0.25, 0.3) is 0 Å². The van der Waals surface area contributed by atoms with Gasteiger partial charge in [0, 0.05) is 6.61 Å². The van der Waals surface area contributed by atoms with E-state index in [1.807, 2.05) is 19.1 Å². The zero-order valence-corrected chi connectivity index (χ0v) is 26.0. The first-order chi connectivity index (χ1) is 20.1. The molecule has 2 aliphatic heterocycles. The molecule has 5 rings (SSSR count). The van der Waals surface area contributed by atoms with Gasteiger partial charge in [-0.15, -0.1) is 0 Å². The molecule has 1 aromatic heterocycles. The molecule has 1 N–H and O–H groups in total. The van der Waals surface area contributed by atoms with E-state index in [1.165, 1.54) is 44.5 Å². The van der Waals surface area contributed by atoms with Gasteiger partial charge in [-0.05, 0) is 18.9 Å². The third kappa shape index (κ3) is 6.34. The monoisotopic (exact) mass is 699 g/mol. The first-order valence-electron chi connectivity index (χ1n) is 14.0. The number of aromatic nitrogens is 2. The summed E-state index contributed by atoms with van der Waals surface area (Å²) in [6.07, 6.45) is -3.55. The van der Waals surface area contributed by atoms with Crippen LogP contribution in [-0.2, 0) is 31.1 Å². The van der Waals surface area contributed by atoms with Crippen molar-refractivity contribution < 1.29 is 43.9 Å². The van der Waals surface area contributed by atoms with Crippen LogP contribution in [0.5, 0.6) is 5.75 Å². The molecule has 2 aliphatic rings. The molecule has 0 amide bonds. The standard InChI is InChI=1S/C30H35F3IN4O4/c1-4-14-41-15-13-37-27(39)25-26(36(3)29(37)40)35-28(42-23-10-5-19(2)24(16-23)30(31,32)33)38(25)18-20-6-8-21(9-7-20)22-11-12-34-17-22/h5-10,16,22,28,35H,4,11-15,17-18H2,1-3H3/q-1. The van der Waals surface area contributed by atoms with E-state index in [-0.39, 0.29) is 63.7 Å². The average molecular weight is 700 g/mol. The number of rotatable bonds is 10. The Balaban J connectivity index is 1.51. The Hall–Kier alpha value is -3.00. The molecule has 3 heterocycles. The summed E-state index contributed by atoms with van der Waals surface area (Å²) in [5, 5.41) is 3.08. The van der Waals surface area contributed by atoms with E-state index in [4.69, 9.17) is 9.47 Å². The first kappa shape index (κ1) is 30.5. The summed E-state index contributed by atoms with van der Waals surface area (Å²) >= 11 is 0.286. The van der Waals surface area contributed by atoms with Crippen LogP contribution in [0.2, 0.25) is 0 Å². The minimum absolute atomic E-state index is 0.0126. The molecular formula is C30H35F3IN4O4-. The molecule has 0 saturated carbocycles. The fourth-order valence-corrected chi connectivity index (χ4v) is 8.63. The van der Waals surface area contributed by atoms with Crippen LogP contribution in [-0.4, -0.2) is 37.6 Å². The molecule has 0 radical (unpaired) electrons. The van der Waals surface area contributed by atoms with Crippen molar-refractivity contribution in [1.82, 2.24) is 9.13 Å². The molecule has 42 heavy (non-hydrogen) atoms. The van der Waals surface area contributed by atoms with Crippen LogP contribution in [0.15, 0.2) is 52.1 Å². The SMILES string of the molecule is CCCOCCn1c(=O)c2c(n(C)c1=O)NC(Oc1ccc(C)c(C(F)(F)F)c1)N2Cc1ccc(C2CC[I-]C2)cc1. The molecular weight excluding hydrogens is 664 g/mol. The Morgan fingerprint density at radius 3 is 2.52 bits per heavy atom. The van der Waals surface area contributed by atoms with E-state index in [2.05, 4.69) is 17.4 Å². The van der Waals surface area contributed by atoms with Gasteiger partial charge in [0.1, 0.15) is 0 Å². The van der Waals surface area contributed by atoms with E-state index in [9.17, 15) is 22.8 Å². The van der Waals surface area contributed by atoms with E-state index in [0.29, 0.717) is 12.5 Å². The van der Waals surface area contributed by atoms with Crippen LogP contribution in [0.1, 0.15) is 47.9 Å². The molecule has 2 unspecified atom stereocenters. The van der Waals surface area contributed by atoms with Gasteiger partial charge >= 0.3 is 180 Å². The van der Waals surface area contributed by atoms with E-state index >= 15 is 0 Å². The summed E-state index contributed by atoms with van der Waals surface area (Å²) in [5.74, 6) is 0.829. The van der Waals surface area contributed by atoms with Crippen LogP contribution >= 0.6 is 0 Å². The average Bonchev–Trinajstić information content (AvgIpc) is 3.62. The number of halogens is 4. The Kier molecular flexibility index (Phi) is 9.21. The predicted molar refractivity (Wildman–Crippen MR) is 151 cm³/mol. The quantitative estimate of drug-likeness (QED) is 0.197. The number of anilines is 2. The van der Waals surface area contributed by atoms with Crippen molar-refractivity contribution in [1.29, 1.82) is 0 Å². The van der Waals surface area contributed by atoms with Crippen molar-refractivity contribution in [2.75, 3.05) is 32.3 Å². The van der Waals surface area contributed by atoms with Crippen LogP contribution < -0.4 is 47.4 Å².